The molecule has 0 bridgehead atoms. The summed E-state index contributed by atoms with van der Waals surface area (Å²) in [6.07, 6.45) is -4.83. The molecule has 36 heavy (non-hydrogen) atoms. The zero-order valence-electron chi connectivity index (χ0n) is 19.6. The summed E-state index contributed by atoms with van der Waals surface area (Å²) in [6, 6.07) is 8.42. The number of hydrogen-bond donors (Lipinski definition) is 3. The lowest BCUT2D eigenvalue weighted by Crippen LogP contribution is -2.59. The van der Waals surface area contributed by atoms with Crippen molar-refractivity contribution in [3.05, 3.63) is 47.3 Å². The highest BCUT2D eigenvalue weighted by molar-refractivity contribution is 8.24. The van der Waals surface area contributed by atoms with Gasteiger partial charge in [0.2, 0.25) is 0 Å². The van der Waals surface area contributed by atoms with E-state index in [0.29, 0.717) is 38.8 Å². The number of hydrogen-bond acceptors (Lipinski definition) is 8. The summed E-state index contributed by atoms with van der Waals surface area (Å²) < 4.78 is 87.7. The molecular formula is C22H30F3N3O5S3. The number of rotatable bonds is 6. The van der Waals surface area contributed by atoms with Gasteiger partial charge in [-0.25, -0.2) is 8.42 Å². The molecule has 3 N–H and O–H groups in total. The topological polar surface area (TPSA) is 105 Å². The smallest absolute Gasteiger partial charge is 0.376 e. The highest BCUT2D eigenvalue weighted by atomic mass is 32.3. The van der Waals surface area contributed by atoms with Crippen LogP contribution >= 0.6 is 21.9 Å². The van der Waals surface area contributed by atoms with Gasteiger partial charge in [-0.3, -0.25) is 14.0 Å². The van der Waals surface area contributed by atoms with Crippen molar-refractivity contribution in [3.63, 3.8) is 0 Å². The molecule has 2 atom stereocenters. The fraction of sp³-hybridized carbons (Fsp3) is 0.545. The first kappa shape index (κ1) is 27.6. The van der Waals surface area contributed by atoms with E-state index >= 15 is 0 Å². The van der Waals surface area contributed by atoms with Crippen LogP contribution < -0.4 is 4.90 Å². The number of benzene rings is 1. The molecule has 202 valence electrons. The SMILES string of the molecule is C[C@@](O)(c1ccc(N2CCN(S(=O)(=O)c3cccs3)C[C@@H]2CN2CCS(O)(O)CC2)cc1)C(F)(F)F. The van der Waals surface area contributed by atoms with Gasteiger partial charge in [-0.1, -0.05) is 18.2 Å². The van der Waals surface area contributed by atoms with Gasteiger partial charge in [-0.05, 0) is 36.1 Å². The van der Waals surface area contributed by atoms with Gasteiger partial charge < -0.3 is 10.0 Å². The lowest BCUT2D eigenvalue weighted by atomic mass is 9.95. The minimum absolute atomic E-state index is 0.176. The molecule has 1 aromatic heterocycles. The van der Waals surface area contributed by atoms with Crippen molar-refractivity contribution >= 4 is 37.6 Å². The van der Waals surface area contributed by atoms with Crippen molar-refractivity contribution in [1.82, 2.24) is 9.21 Å². The summed E-state index contributed by atoms with van der Waals surface area (Å²) in [5.41, 5.74) is -2.65. The number of alkyl halides is 3. The third-order valence-corrected chi connectivity index (χ3v) is 11.7. The van der Waals surface area contributed by atoms with Crippen LogP contribution in [0.15, 0.2) is 46.0 Å². The van der Waals surface area contributed by atoms with Gasteiger partial charge in [0.05, 0.1) is 17.5 Å². The average molecular weight is 570 g/mol. The third-order valence-electron chi connectivity index (χ3n) is 6.79. The van der Waals surface area contributed by atoms with Gasteiger partial charge in [0.15, 0.2) is 5.60 Å². The molecule has 2 aliphatic rings. The Kier molecular flexibility index (Phi) is 7.72. The number of sulfonamides is 1. The average Bonchev–Trinajstić information content (AvgIpc) is 3.36. The highest BCUT2D eigenvalue weighted by Gasteiger charge is 2.51. The van der Waals surface area contributed by atoms with Gasteiger partial charge in [0.25, 0.3) is 10.0 Å². The summed E-state index contributed by atoms with van der Waals surface area (Å²) >= 11 is 1.14. The molecule has 0 spiro atoms. The summed E-state index contributed by atoms with van der Waals surface area (Å²) in [7, 11) is -6.28. The summed E-state index contributed by atoms with van der Waals surface area (Å²) in [4.78, 5) is 4.03. The second kappa shape index (κ2) is 10.1. The van der Waals surface area contributed by atoms with Crippen LogP contribution in [0.4, 0.5) is 18.9 Å². The van der Waals surface area contributed by atoms with Crippen LogP contribution in [0.2, 0.25) is 0 Å². The molecule has 4 rings (SSSR count). The molecule has 2 saturated heterocycles. The predicted molar refractivity (Wildman–Crippen MR) is 135 cm³/mol. The Labute approximate surface area is 214 Å². The zero-order chi connectivity index (χ0) is 26.4. The van der Waals surface area contributed by atoms with E-state index < -0.39 is 32.4 Å². The summed E-state index contributed by atoms with van der Waals surface area (Å²) in [6.45, 7) is 2.78. The van der Waals surface area contributed by atoms with E-state index in [9.17, 15) is 35.8 Å². The monoisotopic (exact) mass is 569 g/mol. The molecule has 14 heteroatoms. The Morgan fingerprint density at radius 2 is 1.69 bits per heavy atom. The Morgan fingerprint density at radius 3 is 2.25 bits per heavy atom. The Hall–Kier alpha value is -1.39. The molecule has 0 unspecified atom stereocenters. The highest BCUT2D eigenvalue weighted by Crippen LogP contribution is 2.41. The fourth-order valence-corrected chi connectivity index (χ4v) is 8.38. The van der Waals surface area contributed by atoms with Gasteiger partial charge >= 0.3 is 6.18 Å². The van der Waals surface area contributed by atoms with Crippen molar-refractivity contribution in [1.29, 1.82) is 0 Å². The first-order chi connectivity index (χ1) is 16.7. The second-order valence-corrected chi connectivity index (χ2v) is 14.8. The van der Waals surface area contributed by atoms with E-state index in [0.717, 1.165) is 11.3 Å². The zero-order valence-corrected chi connectivity index (χ0v) is 22.1. The Balaban J connectivity index is 1.58. The second-order valence-electron chi connectivity index (χ2n) is 9.27. The normalized spacial score (nSPS) is 24.9. The van der Waals surface area contributed by atoms with E-state index in [1.54, 1.807) is 17.5 Å². The van der Waals surface area contributed by atoms with Crippen molar-refractivity contribution in [2.75, 3.05) is 55.7 Å². The maximum atomic E-state index is 13.3. The number of aliphatic hydroxyl groups is 1. The lowest BCUT2D eigenvalue weighted by molar-refractivity contribution is -0.258. The number of halogens is 3. The first-order valence-corrected chi connectivity index (χ1v) is 15.6. The van der Waals surface area contributed by atoms with Crippen molar-refractivity contribution in [2.45, 2.75) is 29.0 Å². The van der Waals surface area contributed by atoms with Crippen LogP contribution in [-0.2, 0) is 15.6 Å². The number of nitrogens with zero attached hydrogens (tertiary/aromatic N) is 3. The standard InChI is InChI=1S/C22H30F3N3O5S3/c1-21(29,22(23,24)25)17-4-6-18(7-5-17)28-9-8-27(36(32,33)20-3-2-12-34-20)16-19(28)15-26-10-13-35(30,31)14-11-26/h2-7,12,19,29-31H,8-11,13-16H2,1H3/t19-,21+/m0/s1. The maximum Gasteiger partial charge on any atom is 0.421 e. The Morgan fingerprint density at radius 1 is 1.06 bits per heavy atom. The van der Waals surface area contributed by atoms with Crippen molar-refractivity contribution in [2.24, 2.45) is 0 Å². The molecule has 0 saturated carbocycles. The molecular weight excluding hydrogens is 539 g/mol. The number of thiophene rings is 1. The summed E-state index contributed by atoms with van der Waals surface area (Å²) in [5, 5.41) is 11.7. The van der Waals surface area contributed by atoms with E-state index in [4.69, 9.17) is 0 Å². The molecule has 1 aromatic carbocycles. The predicted octanol–water partition coefficient (Wildman–Crippen LogP) is 3.46. The van der Waals surface area contributed by atoms with Crippen LogP contribution in [0.1, 0.15) is 12.5 Å². The Bertz CT molecular complexity index is 1130. The third kappa shape index (κ3) is 5.70. The first-order valence-electron chi connectivity index (χ1n) is 11.4. The maximum absolute atomic E-state index is 13.3. The van der Waals surface area contributed by atoms with Gasteiger partial charge in [-0.2, -0.15) is 28.1 Å². The molecule has 2 aromatic rings. The van der Waals surface area contributed by atoms with Crippen LogP contribution in [0.5, 0.6) is 0 Å². The van der Waals surface area contributed by atoms with Gasteiger partial charge in [0.1, 0.15) is 4.21 Å². The largest absolute Gasteiger partial charge is 0.421 e. The van der Waals surface area contributed by atoms with Gasteiger partial charge in [-0.15, -0.1) is 11.3 Å². The molecule has 0 amide bonds. The quantitative estimate of drug-likeness (QED) is 0.490. The fourth-order valence-electron chi connectivity index (χ4n) is 4.46. The molecule has 2 aliphatic heterocycles. The van der Waals surface area contributed by atoms with Crippen LogP contribution in [0.3, 0.4) is 0 Å². The van der Waals surface area contributed by atoms with E-state index in [1.807, 2.05) is 4.90 Å². The number of piperazine rings is 1. The lowest BCUT2D eigenvalue weighted by Gasteiger charge is -2.46. The molecule has 2 fully saturated rings. The van der Waals surface area contributed by atoms with Crippen LogP contribution in [-0.4, -0.2) is 94.8 Å². The van der Waals surface area contributed by atoms with E-state index in [1.165, 1.54) is 28.6 Å². The molecule has 8 nitrogen and oxygen atoms in total. The van der Waals surface area contributed by atoms with E-state index in [2.05, 4.69) is 4.90 Å². The molecule has 0 aliphatic carbocycles. The number of anilines is 1. The molecule has 0 radical (unpaired) electrons. The van der Waals surface area contributed by atoms with E-state index in [-0.39, 0.29) is 40.4 Å². The molecule has 3 heterocycles. The van der Waals surface area contributed by atoms with Crippen molar-refractivity contribution in [3.8, 4) is 0 Å². The van der Waals surface area contributed by atoms with Crippen LogP contribution in [0.25, 0.3) is 0 Å². The summed E-state index contributed by atoms with van der Waals surface area (Å²) in [5.74, 6) is 0.496. The minimum atomic E-state index is -4.83. The van der Waals surface area contributed by atoms with Gasteiger partial charge in [0, 0.05) is 45.0 Å². The van der Waals surface area contributed by atoms with Crippen molar-refractivity contribution < 1.29 is 35.8 Å². The minimum Gasteiger partial charge on any atom is -0.376 e. The van der Waals surface area contributed by atoms with Crippen LogP contribution in [0, 0.1) is 0 Å².